The van der Waals surface area contributed by atoms with Crippen LogP contribution < -0.4 is 10.6 Å². The van der Waals surface area contributed by atoms with Gasteiger partial charge in [0.15, 0.2) is 5.82 Å². The third-order valence-electron chi connectivity index (χ3n) is 3.36. The number of hydrogen-bond donors (Lipinski definition) is 2. The second-order valence-electron chi connectivity index (χ2n) is 4.82. The minimum absolute atomic E-state index is 0.250. The van der Waals surface area contributed by atoms with Gasteiger partial charge in [-0.25, -0.2) is 9.97 Å². The summed E-state index contributed by atoms with van der Waals surface area (Å²) in [7, 11) is 0. The Balaban J connectivity index is 2.05. The first kappa shape index (κ1) is 14.0. The van der Waals surface area contributed by atoms with E-state index in [1.165, 1.54) is 0 Å². The number of aliphatic hydroxyl groups is 1. The number of hydrogen-bond acceptors (Lipinski definition) is 6. The van der Waals surface area contributed by atoms with Crippen molar-refractivity contribution in [3.8, 4) is 0 Å². The first-order valence-corrected chi connectivity index (χ1v) is 6.80. The van der Waals surface area contributed by atoms with E-state index >= 15 is 0 Å². The largest absolute Gasteiger partial charge is 0.396 e. The molecule has 1 unspecified atom stereocenters. The van der Waals surface area contributed by atoms with Gasteiger partial charge in [-0.2, -0.15) is 0 Å². The average Bonchev–Trinajstić information content (AvgIpc) is 2.85. The fraction of sp³-hybridized carbons (Fsp3) is 0.692. The Morgan fingerprint density at radius 1 is 1.53 bits per heavy atom. The van der Waals surface area contributed by atoms with Crippen LogP contribution in [0.3, 0.4) is 0 Å². The Kier molecular flexibility index (Phi) is 4.93. The summed E-state index contributed by atoms with van der Waals surface area (Å²) in [5.74, 6) is 2.51. The van der Waals surface area contributed by atoms with Crippen molar-refractivity contribution in [2.75, 3.05) is 36.9 Å². The Morgan fingerprint density at radius 2 is 2.37 bits per heavy atom. The van der Waals surface area contributed by atoms with Crippen LogP contribution >= 0.6 is 0 Å². The van der Waals surface area contributed by atoms with E-state index in [1.54, 1.807) is 6.07 Å². The molecule has 2 rings (SSSR count). The highest BCUT2D eigenvalue weighted by atomic mass is 16.5. The Labute approximate surface area is 113 Å². The van der Waals surface area contributed by atoms with Gasteiger partial charge in [0, 0.05) is 32.4 Å². The third kappa shape index (κ3) is 3.78. The summed E-state index contributed by atoms with van der Waals surface area (Å²) in [6, 6.07) is 1.80. The number of rotatable bonds is 6. The summed E-state index contributed by atoms with van der Waals surface area (Å²) in [5.41, 5.74) is 5.82. The lowest BCUT2D eigenvalue weighted by molar-refractivity contribution is 0.128. The maximum absolute atomic E-state index is 8.99. The number of nitrogen functional groups attached to an aromatic ring is 1. The van der Waals surface area contributed by atoms with Gasteiger partial charge < -0.3 is 20.5 Å². The van der Waals surface area contributed by atoms with E-state index in [0.717, 1.165) is 31.7 Å². The number of ether oxygens (including phenoxy) is 1. The summed E-state index contributed by atoms with van der Waals surface area (Å²) in [6.07, 6.45) is 1.94. The molecule has 1 aromatic heterocycles. The molecule has 0 aromatic carbocycles. The van der Waals surface area contributed by atoms with Crippen LogP contribution in [0.4, 0.5) is 11.6 Å². The van der Waals surface area contributed by atoms with Crippen molar-refractivity contribution in [1.82, 2.24) is 9.97 Å². The second-order valence-corrected chi connectivity index (χ2v) is 4.82. The highest BCUT2D eigenvalue weighted by molar-refractivity contribution is 5.47. The topological polar surface area (TPSA) is 84.5 Å². The minimum Gasteiger partial charge on any atom is -0.396 e. The van der Waals surface area contributed by atoms with Gasteiger partial charge in [-0.05, 0) is 25.7 Å². The summed E-state index contributed by atoms with van der Waals surface area (Å²) >= 11 is 0. The standard InChI is InChI=1S/C13H22N4O2/c1-2-19-9-12-15-11(14)7-13(16-12)17-5-3-10(8-17)4-6-18/h7,10,18H,2-6,8-9H2,1H3,(H2,14,15,16). The van der Waals surface area contributed by atoms with Gasteiger partial charge in [-0.1, -0.05) is 0 Å². The highest BCUT2D eigenvalue weighted by Crippen LogP contribution is 2.25. The van der Waals surface area contributed by atoms with Crippen LogP contribution in [0.15, 0.2) is 6.07 Å². The third-order valence-corrected chi connectivity index (χ3v) is 3.36. The minimum atomic E-state index is 0.250. The van der Waals surface area contributed by atoms with E-state index in [9.17, 15) is 0 Å². The zero-order chi connectivity index (χ0) is 13.7. The van der Waals surface area contributed by atoms with Gasteiger partial charge in [0.05, 0.1) is 0 Å². The predicted molar refractivity (Wildman–Crippen MR) is 73.8 cm³/mol. The van der Waals surface area contributed by atoms with E-state index < -0.39 is 0 Å². The van der Waals surface area contributed by atoms with Gasteiger partial charge in [0.2, 0.25) is 0 Å². The fourth-order valence-corrected chi connectivity index (χ4v) is 2.38. The van der Waals surface area contributed by atoms with E-state index in [1.807, 2.05) is 6.92 Å². The molecule has 1 aliphatic heterocycles. The molecule has 3 N–H and O–H groups in total. The quantitative estimate of drug-likeness (QED) is 0.792. The molecule has 106 valence electrons. The Morgan fingerprint density at radius 3 is 3.11 bits per heavy atom. The average molecular weight is 266 g/mol. The van der Waals surface area contributed by atoms with Crippen molar-refractivity contribution in [3.63, 3.8) is 0 Å². The van der Waals surface area contributed by atoms with Crippen LogP contribution in [0.25, 0.3) is 0 Å². The van der Waals surface area contributed by atoms with Gasteiger partial charge >= 0.3 is 0 Å². The number of aliphatic hydroxyl groups excluding tert-OH is 1. The van der Waals surface area contributed by atoms with Crippen LogP contribution in [0, 0.1) is 5.92 Å². The normalized spacial score (nSPS) is 19.1. The van der Waals surface area contributed by atoms with E-state index in [-0.39, 0.29) is 6.61 Å². The number of nitrogens with zero attached hydrogens (tertiary/aromatic N) is 3. The molecule has 19 heavy (non-hydrogen) atoms. The molecular formula is C13H22N4O2. The summed E-state index contributed by atoms with van der Waals surface area (Å²) in [5, 5.41) is 8.99. The predicted octanol–water partition coefficient (Wildman–Crippen LogP) is 0.804. The van der Waals surface area contributed by atoms with Gasteiger partial charge in [0.1, 0.15) is 18.2 Å². The first-order chi connectivity index (χ1) is 9.22. The maximum atomic E-state index is 8.99. The second kappa shape index (κ2) is 6.68. The number of anilines is 2. The van der Waals surface area contributed by atoms with Crippen LogP contribution in [0.2, 0.25) is 0 Å². The molecule has 0 bridgehead atoms. The van der Waals surface area contributed by atoms with Crippen LogP contribution in [-0.2, 0) is 11.3 Å². The molecule has 6 nitrogen and oxygen atoms in total. The van der Waals surface area contributed by atoms with Crippen LogP contribution in [0.5, 0.6) is 0 Å². The maximum Gasteiger partial charge on any atom is 0.158 e. The molecule has 2 heterocycles. The number of aromatic nitrogens is 2. The molecule has 1 aromatic rings. The van der Waals surface area contributed by atoms with E-state index in [2.05, 4.69) is 14.9 Å². The molecule has 1 aliphatic rings. The zero-order valence-corrected chi connectivity index (χ0v) is 11.4. The Hall–Kier alpha value is -1.40. The van der Waals surface area contributed by atoms with E-state index in [4.69, 9.17) is 15.6 Å². The van der Waals surface area contributed by atoms with Crippen molar-refractivity contribution >= 4 is 11.6 Å². The molecule has 1 fully saturated rings. The number of nitrogens with two attached hydrogens (primary N) is 1. The molecule has 0 spiro atoms. The lowest BCUT2D eigenvalue weighted by Gasteiger charge is -2.18. The van der Waals surface area contributed by atoms with Gasteiger partial charge in [-0.3, -0.25) is 0 Å². The molecule has 0 aliphatic carbocycles. The van der Waals surface area contributed by atoms with Gasteiger partial charge in [0.25, 0.3) is 0 Å². The van der Waals surface area contributed by atoms with Gasteiger partial charge in [-0.15, -0.1) is 0 Å². The molecule has 6 heteroatoms. The van der Waals surface area contributed by atoms with Crippen molar-refractivity contribution < 1.29 is 9.84 Å². The lowest BCUT2D eigenvalue weighted by atomic mass is 10.1. The monoisotopic (exact) mass is 266 g/mol. The highest BCUT2D eigenvalue weighted by Gasteiger charge is 2.23. The summed E-state index contributed by atoms with van der Waals surface area (Å²) in [6.45, 7) is 5.09. The van der Waals surface area contributed by atoms with Crippen molar-refractivity contribution in [3.05, 3.63) is 11.9 Å². The Bertz CT molecular complexity index is 414. The molecular weight excluding hydrogens is 244 g/mol. The van der Waals surface area contributed by atoms with Crippen molar-refractivity contribution in [2.45, 2.75) is 26.4 Å². The van der Waals surface area contributed by atoms with E-state index in [0.29, 0.717) is 30.8 Å². The molecule has 1 atom stereocenters. The zero-order valence-electron chi connectivity index (χ0n) is 11.4. The molecule has 1 saturated heterocycles. The molecule has 0 amide bonds. The molecule has 0 saturated carbocycles. The lowest BCUT2D eigenvalue weighted by Crippen LogP contribution is -2.22. The summed E-state index contributed by atoms with van der Waals surface area (Å²) < 4.78 is 5.32. The van der Waals surface area contributed by atoms with Crippen molar-refractivity contribution in [1.29, 1.82) is 0 Å². The van der Waals surface area contributed by atoms with Crippen LogP contribution in [-0.4, -0.2) is 41.4 Å². The smallest absolute Gasteiger partial charge is 0.158 e. The fourth-order valence-electron chi connectivity index (χ4n) is 2.38. The first-order valence-electron chi connectivity index (χ1n) is 6.80. The molecule has 0 radical (unpaired) electrons. The van der Waals surface area contributed by atoms with Crippen LogP contribution in [0.1, 0.15) is 25.6 Å². The summed E-state index contributed by atoms with van der Waals surface area (Å²) in [4.78, 5) is 10.9. The van der Waals surface area contributed by atoms with Crippen molar-refractivity contribution in [2.24, 2.45) is 5.92 Å². The SMILES string of the molecule is CCOCc1nc(N)cc(N2CCC(CCO)C2)n1.